The van der Waals surface area contributed by atoms with Crippen molar-refractivity contribution in [2.45, 2.75) is 58.5 Å². The summed E-state index contributed by atoms with van der Waals surface area (Å²) in [6.07, 6.45) is 0.947. The van der Waals surface area contributed by atoms with Gasteiger partial charge in [0.15, 0.2) is 5.78 Å². The number of carbonyl (C=O) groups is 6. The fourth-order valence-electron chi connectivity index (χ4n) is 3.35. The van der Waals surface area contributed by atoms with E-state index >= 15 is 0 Å². The van der Waals surface area contributed by atoms with E-state index in [1.165, 1.54) is 0 Å². The molecule has 0 saturated carbocycles. The number of benzene rings is 1. The van der Waals surface area contributed by atoms with Gasteiger partial charge < -0.3 is 31.1 Å². The second-order valence-corrected chi connectivity index (χ2v) is 8.82. The lowest BCUT2D eigenvalue weighted by atomic mass is 10.0. The largest absolute Gasteiger partial charge is 0.497 e. The molecule has 12 nitrogen and oxygen atoms in total. The van der Waals surface area contributed by atoms with Crippen LogP contribution in [-0.2, 0) is 35.2 Å². The summed E-state index contributed by atoms with van der Waals surface area (Å²) in [6, 6.07) is 5.25. The van der Waals surface area contributed by atoms with Crippen molar-refractivity contribution in [1.82, 2.24) is 21.3 Å². The number of carbonyl (C=O) groups excluding carboxylic acids is 5. The fourth-order valence-corrected chi connectivity index (χ4v) is 3.35. The quantitative estimate of drug-likeness (QED) is 0.201. The molecule has 1 aromatic rings. The molecule has 0 bridgehead atoms. The van der Waals surface area contributed by atoms with Crippen molar-refractivity contribution in [2.24, 2.45) is 5.92 Å². The summed E-state index contributed by atoms with van der Waals surface area (Å²) in [5.74, 6) is -3.69. The van der Waals surface area contributed by atoms with Gasteiger partial charge in [-0.05, 0) is 36.5 Å². The normalized spacial score (nSPS) is 12.1. The second-order valence-electron chi connectivity index (χ2n) is 8.82. The van der Waals surface area contributed by atoms with Gasteiger partial charge in [-0.3, -0.25) is 28.8 Å². The molecular formula is C25H36N4O8. The van der Waals surface area contributed by atoms with Gasteiger partial charge in [-0.2, -0.15) is 0 Å². The lowest BCUT2D eigenvalue weighted by Crippen LogP contribution is -2.54. The maximum atomic E-state index is 12.6. The molecule has 5 N–H and O–H groups in total. The summed E-state index contributed by atoms with van der Waals surface area (Å²) in [4.78, 5) is 71.3. The number of amides is 4. The average Bonchev–Trinajstić information content (AvgIpc) is 2.83. The zero-order chi connectivity index (χ0) is 28.0. The van der Waals surface area contributed by atoms with Crippen molar-refractivity contribution in [3.05, 3.63) is 29.8 Å². The van der Waals surface area contributed by atoms with Gasteiger partial charge in [-0.15, -0.1) is 0 Å². The molecule has 0 aliphatic rings. The lowest BCUT2D eigenvalue weighted by molar-refractivity contribution is -0.140. The Morgan fingerprint density at radius 1 is 0.919 bits per heavy atom. The van der Waals surface area contributed by atoms with Gasteiger partial charge in [-0.1, -0.05) is 26.0 Å². The lowest BCUT2D eigenvalue weighted by Gasteiger charge is -2.22. The Labute approximate surface area is 215 Å². The molecule has 0 spiro atoms. The topological polar surface area (TPSA) is 180 Å². The number of carboxylic acids is 1. The summed E-state index contributed by atoms with van der Waals surface area (Å²) < 4.78 is 5.11. The molecular weight excluding hydrogens is 484 g/mol. The summed E-state index contributed by atoms with van der Waals surface area (Å²) in [7, 11) is 1.59. The Kier molecular flexibility index (Phi) is 13.4. The standard InChI is InChI=1S/C25H36N4O8/c1-15(2)23(29-21(32)14-27-24(35)20(12-22(33)34)28-16(3)30)25(36)26-13-18(31)7-5-6-17-8-10-19(37-4)11-9-17/h8-11,15,20,23H,5-7,12-14H2,1-4H3,(H,26,36)(H,27,35)(H,28,30)(H,29,32)(H,33,34)/t20-,23?/m0/s1. The molecule has 204 valence electrons. The minimum absolute atomic E-state index is 0.148. The third kappa shape index (κ3) is 12.5. The molecule has 2 atom stereocenters. The molecule has 12 heteroatoms. The number of hydrogen-bond donors (Lipinski definition) is 5. The number of aryl methyl sites for hydroxylation is 1. The number of nitrogens with one attached hydrogen (secondary N) is 4. The number of carboxylic acid groups (broad SMARTS) is 1. The summed E-state index contributed by atoms with van der Waals surface area (Å²) in [6.45, 7) is 3.84. The van der Waals surface area contributed by atoms with Crippen LogP contribution in [0.4, 0.5) is 0 Å². The van der Waals surface area contributed by atoms with Crippen LogP contribution in [0.3, 0.4) is 0 Å². The van der Waals surface area contributed by atoms with Gasteiger partial charge in [0, 0.05) is 13.3 Å². The Morgan fingerprint density at radius 2 is 1.54 bits per heavy atom. The molecule has 0 radical (unpaired) electrons. The Morgan fingerprint density at radius 3 is 2.08 bits per heavy atom. The van der Waals surface area contributed by atoms with E-state index in [0.717, 1.165) is 18.2 Å². The van der Waals surface area contributed by atoms with E-state index in [1.807, 2.05) is 24.3 Å². The van der Waals surface area contributed by atoms with E-state index < -0.39 is 54.6 Å². The monoisotopic (exact) mass is 520 g/mol. The van der Waals surface area contributed by atoms with Crippen molar-refractivity contribution in [3.8, 4) is 5.75 Å². The number of Topliss-reactive ketones (excluding diaryl/α,β-unsaturated/α-hetero) is 1. The van der Waals surface area contributed by atoms with Gasteiger partial charge in [0.1, 0.15) is 17.8 Å². The first-order valence-corrected chi connectivity index (χ1v) is 11.9. The number of ether oxygens (including phenoxy) is 1. The number of ketones is 1. The SMILES string of the molecule is COc1ccc(CCCC(=O)CNC(=O)C(NC(=O)CNC(=O)[C@H](CC(=O)O)NC(C)=O)C(C)C)cc1. The average molecular weight is 521 g/mol. The van der Waals surface area contributed by atoms with E-state index in [2.05, 4.69) is 21.3 Å². The highest BCUT2D eigenvalue weighted by Gasteiger charge is 2.26. The summed E-state index contributed by atoms with van der Waals surface area (Å²) >= 11 is 0. The molecule has 0 fully saturated rings. The van der Waals surface area contributed by atoms with E-state index in [0.29, 0.717) is 12.8 Å². The van der Waals surface area contributed by atoms with Crippen molar-refractivity contribution in [3.63, 3.8) is 0 Å². The highest BCUT2D eigenvalue weighted by Crippen LogP contribution is 2.13. The zero-order valence-electron chi connectivity index (χ0n) is 21.6. The first-order valence-electron chi connectivity index (χ1n) is 11.9. The van der Waals surface area contributed by atoms with Crippen molar-refractivity contribution in [1.29, 1.82) is 0 Å². The van der Waals surface area contributed by atoms with E-state index in [9.17, 15) is 28.8 Å². The summed E-state index contributed by atoms with van der Waals surface area (Å²) in [5, 5.41) is 18.4. The molecule has 0 heterocycles. The van der Waals surface area contributed by atoms with Crippen LogP contribution < -0.4 is 26.0 Å². The van der Waals surface area contributed by atoms with Crippen molar-refractivity contribution in [2.75, 3.05) is 20.2 Å². The maximum absolute atomic E-state index is 12.6. The predicted octanol–water partition coefficient (Wildman–Crippen LogP) is -0.0604. The maximum Gasteiger partial charge on any atom is 0.305 e. The van der Waals surface area contributed by atoms with Crippen LogP contribution in [-0.4, -0.2) is 72.8 Å². The van der Waals surface area contributed by atoms with E-state index in [1.54, 1.807) is 21.0 Å². The molecule has 1 aromatic carbocycles. The minimum Gasteiger partial charge on any atom is -0.497 e. The summed E-state index contributed by atoms with van der Waals surface area (Å²) in [5.41, 5.74) is 1.07. The number of hydrogen-bond acceptors (Lipinski definition) is 7. The third-order valence-corrected chi connectivity index (χ3v) is 5.30. The molecule has 1 rings (SSSR count). The Hall–Kier alpha value is -3.96. The van der Waals surface area contributed by atoms with Crippen LogP contribution in [0.15, 0.2) is 24.3 Å². The number of rotatable bonds is 16. The van der Waals surface area contributed by atoms with Gasteiger partial charge >= 0.3 is 5.97 Å². The third-order valence-electron chi connectivity index (χ3n) is 5.30. The van der Waals surface area contributed by atoms with E-state index in [4.69, 9.17) is 9.84 Å². The zero-order valence-corrected chi connectivity index (χ0v) is 21.6. The van der Waals surface area contributed by atoms with Crippen LogP contribution in [0.5, 0.6) is 5.75 Å². The Balaban J connectivity index is 2.48. The highest BCUT2D eigenvalue weighted by atomic mass is 16.5. The molecule has 4 amide bonds. The van der Waals surface area contributed by atoms with Gasteiger partial charge in [0.25, 0.3) is 0 Å². The second kappa shape index (κ2) is 15.9. The first-order chi connectivity index (χ1) is 17.4. The minimum atomic E-state index is -1.34. The van der Waals surface area contributed by atoms with Gasteiger partial charge in [-0.25, -0.2) is 0 Å². The van der Waals surface area contributed by atoms with Crippen LogP contribution in [0.1, 0.15) is 45.6 Å². The number of methoxy groups -OCH3 is 1. The number of aliphatic carboxylic acids is 1. The van der Waals surface area contributed by atoms with Gasteiger partial charge in [0.05, 0.1) is 26.6 Å². The van der Waals surface area contributed by atoms with Crippen LogP contribution in [0, 0.1) is 5.92 Å². The molecule has 0 saturated heterocycles. The fraction of sp³-hybridized carbons (Fsp3) is 0.520. The van der Waals surface area contributed by atoms with Crippen LogP contribution in [0.2, 0.25) is 0 Å². The molecule has 0 aliphatic heterocycles. The predicted molar refractivity (Wildman–Crippen MR) is 134 cm³/mol. The van der Waals surface area contributed by atoms with Crippen LogP contribution in [0.25, 0.3) is 0 Å². The van der Waals surface area contributed by atoms with Crippen LogP contribution >= 0.6 is 0 Å². The molecule has 0 aromatic heterocycles. The highest BCUT2D eigenvalue weighted by molar-refractivity contribution is 5.94. The van der Waals surface area contributed by atoms with Crippen molar-refractivity contribution >= 4 is 35.4 Å². The molecule has 0 aliphatic carbocycles. The first kappa shape index (κ1) is 31.1. The Bertz CT molecular complexity index is 946. The molecule has 1 unspecified atom stereocenters. The smallest absolute Gasteiger partial charge is 0.305 e. The van der Waals surface area contributed by atoms with E-state index in [-0.39, 0.29) is 24.7 Å². The molecule has 37 heavy (non-hydrogen) atoms. The van der Waals surface area contributed by atoms with Gasteiger partial charge in [0.2, 0.25) is 23.6 Å². The van der Waals surface area contributed by atoms with Crippen molar-refractivity contribution < 1.29 is 38.6 Å².